The number of rotatable bonds is 12. The average Bonchev–Trinajstić information content (AvgIpc) is 3.10. The van der Waals surface area contributed by atoms with Crippen LogP contribution in [0.5, 0.6) is 0 Å². The van der Waals surface area contributed by atoms with Crippen LogP contribution < -0.4 is 4.57 Å². The Morgan fingerprint density at radius 2 is 1.33 bits per heavy atom. The summed E-state index contributed by atoms with van der Waals surface area (Å²) in [6, 6.07) is 0. The van der Waals surface area contributed by atoms with Gasteiger partial charge in [0.15, 0.2) is 10.1 Å². The number of nitrogens with zero attached hydrogens (tertiary/aromatic N) is 2. The molecule has 0 aliphatic rings. The maximum Gasteiger partial charge on any atom is 0.460 e. The van der Waals surface area contributed by atoms with Gasteiger partial charge < -0.3 is 4.55 Å². The third-order valence-corrected chi connectivity index (χ3v) is 5.31. The first-order valence-electron chi connectivity index (χ1n) is 10.1. The molecule has 0 aliphatic carbocycles. The van der Waals surface area contributed by atoms with Gasteiger partial charge >= 0.3 is 23.3 Å². The van der Waals surface area contributed by atoms with E-state index in [-0.39, 0.29) is 0 Å². The van der Waals surface area contributed by atoms with E-state index in [1.165, 1.54) is 51.5 Å². The van der Waals surface area contributed by atoms with Crippen molar-refractivity contribution in [3.63, 3.8) is 0 Å². The van der Waals surface area contributed by atoms with Gasteiger partial charge in [0.05, 0.1) is 13.1 Å². The highest BCUT2D eigenvalue weighted by molar-refractivity contribution is 7.86. The summed E-state index contributed by atoms with van der Waals surface area (Å²) < 4.78 is 140. The van der Waals surface area contributed by atoms with Crippen molar-refractivity contribution in [3.05, 3.63) is 18.7 Å². The zero-order valence-corrected chi connectivity index (χ0v) is 18.8. The lowest BCUT2D eigenvalue weighted by atomic mass is 10.1. The molecule has 15 heteroatoms. The van der Waals surface area contributed by atoms with Crippen molar-refractivity contribution < 1.29 is 57.1 Å². The fraction of sp³-hybridized carbons (Fsp3) is 0.833. The standard InChI is InChI=1S/C14H27N2.C4HF9O3S/c1-3-5-6-7-8-9-11-16-13-12-15(14-16)10-4-2;5-1(6,3(9,10)11)2(7,8)4(12,13)17(14,15)16/h12-14H,3-11H2,1-2H3;(H,14,15,16)/q+1;/p-1. The number of unbranched alkanes of at least 4 members (excludes halogenated alkanes) is 5. The molecule has 196 valence electrons. The summed E-state index contributed by atoms with van der Waals surface area (Å²) in [6.07, 6.45) is 8.93. The zero-order valence-electron chi connectivity index (χ0n) is 18.0. The molecule has 0 saturated carbocycles. The predicted molar refractivity (Wildman–Crippen MR) is 98.9 cm³/mol. The summed E-state index contributed by atoms with van der Waals surface area (Å²) in [5.74, 6) is -14.8. The van der Waals surface area contributed by atoms with Crippen LogP contribution in [0.25, 0.3) is 0 Å². The van der Waals surface area contributed by atoms with Crippen LogP contribution in [-0.4, -0.2) is 40.8 Å². The molecule has 0 atom stereocenters. The van der Waals surface area contributed by atoms with E-state index in [9.17, 15) is 52.5 Å². The second-order valence-corrected chi connectivity index (χ2v) is 8.70. The van der Waals surface area contributed by atoms with Crippen molar-refractivity contribution in [3.8, 4) is 0 Å². The van der Waals surface area contributed by atoms with Gasteiger partial charge in [0.25, 0.3) is 0 Å². The molecule has 1 aromatic heterocycles. The van der Waals surface area contributed by atoms with Crippen LogP contribution in [0.15, 0.2) is 18.7 Å². The largest absolute Gasteiger partial charge is 0.743 e. The highest BCUT2D eigenvalue weighted by atomic mass is 32.2. The molecule has 0 N–H and O–H groups in total. The van der Waals surface area contributed by atoms with E-state index in [2.05, 4.69) is 41.7 Å². The van der Waals surface area contributed by atoms with Gasteiger partial charge in [-0.05, 0) is 19.3 Å². The molecule has 0 aromatic carbocycles. The lowest BCUT2D eigenvalue weighted by Gasteiger charge is -2.34. The molecule has 0 radical (unpaired) electrons. The fourth-order valence-electron chi connectivity index (χ4n) is 2.55. The molecule has 0 aliphatic heterocycles. The number of alkyl halides is 9. The lowest BCUT2D eigenvalue weighted by molar-refractivity contribution is -0.696. The summed E-state index contributed by atoms with van der Waals surface area (Å²) in [6.45, 7) is 6.82. The van der Waals surface area contributed by atoms with Gasteiger partial charge in [0.2, 0.25) is 6.33 Å². The second-order valence-electron chi connectivity index (χ2n) is 7.27. The Labute approximate surface area is 186 Å². The summed E-state index contributed by atoms with van der Waals surface area (Å²) in [7, 11) is -7.42. The van der Waals surface area contributed by atoms with Gasteiger partial charge in [0.1, 0.15) is 12.4 Å². The van der Waals surface area contributed by atoms with Crippen molar-refractivity contribution in [2.24, 2.45) is 0 Å². The van der Waals surface area contributed by atoms with Crippen LogP contribution in [0.4, 0.5) is 39.5 Å². The molecule has 5 nitrogen and oxygen atoms in total. The monoisotopic (exact) mass is 522 g/mol. The second kappa shape index (κ2) is 12.3. The molecule has 0 amide bonds. The molecule has 0 saturated heterocycles. The van der Waals surface area contributed by atoms with Crippen LogP contribution >= 0.6 is 0 Å². The van der Waals surface area contributed by atoms with Gasteiger partial charge in [-0.15, -0.1) is 0 Å². The topological polar surface area (TPSA) is 66.0 Å². The van der Waals surface area contributed by atoms with Crippen LogP contribution in [0.2, 0.25) is 0 Å². The molecular formula is C18H27F9N2O3S. The van der Waals surface area contributed by atoms with E-state index >= 15 is 0 Å². The number of hydrogen-bond donors (Lipinski definition) is 0. The Hall–Kier alpha value is -1.51. The maximum absolute atomic E-state index is 12.2. The molecule has 0 unspecified atom stereocenters. The summed E-state index contributed by atoms with van der Waals surface area (Å²) in [5.41, 5.74) is 0. The van der Waals surface area contributed by atoms with E-state index in [4.69, 9.17) is 0 Å². The van der Waals surface area contributed by atoms with Crippen LogP contribution in [-0.2, 0) is 23.2 Å². The Kier molecular flexibility index (Phi) is 11.7. The molecule has 1 aromatic rings. The van der Waals surface area contributed by atoms with Gasteiger partial charge in [-0.2, -0.15) is 39.5 Å². The third-order valence-electron chi connectivity index (χ3n) is 4.43. The fourth-order valence-corrected chi connectivity index (χ4v) is 3.00. The molecule has 1 heterocycles. The number of aryl methyl sites for hydroxylation is 2. The highest BCUT2D eigenvalue weighted by Crippen LogP contribution is 2.54. The van der Waals surface area contributed by atoms with E-state index < -0.39 is 33.4 Å². The predicted octanol–water partition coefficient (Wildman–Crippen LogP) is 5.50. The minimum Gasteiger partial charge on any atom is -0.743 e. The quantitative estimate of drug-likeness (QED) is 0.158. The van der Waals surface area contributed by atoms with Gasteiger partial charge in [-0.1, -0.05) is 39.5 Å². The molecule has 0 spiro atoms. The maximum atomic E-state index is 12.2. The molecule has 0 bridgehead atoms. The Morgan fingerprint density at radius 3 is 1.79 bits per heavy atom. The minimum atomic E-state index is -7.43. The van der Waals surface area contributed by atoms with Crippen molar-refractivity contribution in [2.45, 2.75) is 95.2 Å². The Bertz CT molecular complexity index is 809. The number of imidazole rings is 1. The summed E-state index contributed by atoms with van der Waals surface area (Å²) in [4.78, 5) is 0. The minimum absolute atomic E-state index is 1.14. The van der Waals surface area contributed by atoms with Crippen LogP contribution in [0.3, 0.4) is 0 Å². The summed E-state index contributed by atoms with van der Waals surface area (Å²) >= 11 is 0. The van der Waals surface area contributed by atoms with Crippen molar-refractivity contribution in [1.82, 2.24) is 4.57 Å². The highest BCUT2D eigenvalue weighted by Gasteiger charge is 2.83. The molecule has 33 heavy (non-hydrogen) atoms. The SMILES string of the molecule is CCCCCCCCn1cc[n+](CCC)c1.O=S(=O)([O-])C(F)(F)C(F)(F)C(F)(F)C(F)(F)F. The van der Waals surface area contributed by atoms with E-state index in [1.807, 2.05) is 0 Å². The van der Waals surface area contributed by atoms with Crippen LogP contribution in [0.1, 0.15) is 58.8 Å². The molecule has 1 rings (SSSR count). The van der Waals surface area contributed by atoms with Crippen molar-refractivity contribution in [2.75, 3.05) is 0 Å². The normalized spacial score (nSPS) is 13.6. The van der Waals surface area contributed by atoms with Gasteiger partial charge in [0, 0.05) is 0 Å². The molecule has 0 fully saturated rings. The average molecular weight is 522 g/mol. The number of hydrogen-bond acceptors (Lipinski definition) is 3. The first kappa shape index (κ1) is 31.5. The first-order valence-corrected chi connectivity index (χ1v) is 11.5. The third kappa shape index (κ3) is 8.34. The van der Waals surface area contributed by atoms with Crippen molar-refractivity contribution >= 4 is 10.1 Å². The van der Waals surface area contributed by atoms with Gasteiger partial charge in [-0.25, -0.2) is 17.6 Å². The zero-order chi connectivity index (χ0) is 26.1. The lowest BCUT2D eigenvalue weighted by Crippen LogP contribution is -2.63. The number of halogens is 9. The van der Waals surface area contributed by atoms with Crippen molar-refractivity contribution in [1.29, 1.82) is 0 Å². The smallest absolute Gasteiger partial charge is 0.460 e. The Balaban J connectivity index is 0.000000621. The molecular weight excluding hydrogens is 495 g/mol. The summed E-state index contributed by atoms with van der Waals surface area (Å²) in [5, 5.41) is -7.11. The van der Waals surface area contributed by atoms with E-state index in [0.717, 1.165) is 6.54 Å². The van der Waals surface area contributed by atoms with E-state index in [1.54, 1.807) is 0 Å². The number of aromatic nitrogens is 2. The van der Waals surface area contributed by atoms with Gasteiger partial charge in [-0.3, -0.25) is 0 Å². The Morgan fingerprint density at radius 1 is 0.818 bits per heavy atom. The van der Waals surface area contributed by atoms with Crippen LogP contribution in [0, 0.1) is 0 Å². The first-order chi connectivity index (χ1) is 14.9. The van der Waals surface area contributed by atoms with E-state index in [0.29, 0.717) is 0 Å².